The van der Waals surface area contributed by atoms with Crippen LogP contribution in [0.15, 0.2) is 0 Å². The molecule has 0 radical (unpaired) electrons. The number of carbonyl (C=O) groups excluding carboxylic acids is 1. The van der Waals surface area contributed by atoms with Crippen molar-refractivity contribution in [1.29, 1.82) is 0 Å². The minimum atomic E-state index is -1.94. The largest absolute Gasteiger partial charge is 0.340 e. The van der Waals surface area contributed by atoms with Gasteiger partial charge in [-0.3, -0.25) is 0 Å². The van der Waals surface area contributed by atoms with Gasteiger partial charge in [-0.2, -0.15) is 0 Å². The van der Waals surface area contributed by atoms with Gasteiger partial charge in [-0.15, -0.1) is 0 Å². The lowest BCUT2D eigenvalue weighted by Crippen LogP contribution is -2.41. The second-order valence-electron chi connectivity index (χ2n) is 5.05. The lowest BCUT2D eigenvalue weighted by atomic mass is 10.2. The maximum Gasteiger partial charge on any atom is 0.340 e. The van der Waals surface area contributed by atoms with E-state index in [0.29, 0.717) is 6.42 Å². The van der Waals surface area contributed by atoms with Gasteiger partial charge in [-0.1, -0.05) is 27.7 Å². The van der Waals surface area contributed by atoms with E-state index in [2.05, 4.69) is 20.8 Å². The van der Waals surface area contributed by atoms with E-state index in [4.69, 9.17) is 9.46 Å². The summed E-state index contributed by atoms with van der Waals surface area (Å²) >= 11 is 0. The Hall–Kier alpha value is -0.353. The highest BCUT2D eigenvalue weighted by Crippen LogP contribution is 2.36. The van der Waals surface area contributed by atoms with E-state index >= 15 is 0 Å². The van der Waals surface area contributed by atoms with E-state index in [0.717, 1.165) is 6.42 Å². The summed E-state index contributed by atoms with van der Waals surface area (Å²) in [6.07, 6.45) is 1.22. The third-order valence-corrected chi connectivity index (χ3v) is 6.72. The Kier molecular flexibility index (Phi) is 4.81. The van der Waals surface area contributed by atoms with Crippen LogP contribution < -0.4 is 0 Å². The summed E-state index contributed by atoms with van der Waals surface area (Å²) in [5, 5.41) is 0.0689. The van der Waals surface area contributed by atoms with Crippen LogP contribution in [-0.4, -0.2) is 14.3 Å². The molecule has 0 fully saturated rings. The van der Waals surface area contributed by atoms with Gasteiger partial charge in [0.1, 0.15) is 0 Å². The minimum absolute atomic E-state index is 0.0689. The molecule has 0 rings (SSSR count). The zero-order chi connectivity index (χ0) is 11.4. The molecular weight excluding hydrogens is 196 g/mol. The fourth-order valence-corrected chi connectivity index (χ4v) is 1.07. The van der Waals surface area contributed by atoms with Crippen molar-refractivity contribution in [2.24, 2.45) is 0 Å². The molecule has 0 aliphatic carbocycles. The zero-order valence-electron chi connectivity index (χ0n) is 10.1. The SMILES string of the molecule is CCCC(=O)OO[Si](C)(C)C(C)(C)C. The van der Waals surface area contributed by atoms with Crippen molar-refractivity contribution in [3.8, 4) is 0 Å². The molecule has 0 amide bonds. The Morgan fingerprint density at radius 2 is 1.79 bits per heavy atom. The highest BCUT2D eigenvalue weighted by molar-refractivity contribution is 6.73. The molecule has 0 heterocycles. The van der Waals surface area contributed by atoms with Gasteiger partial charge in [0.2, 0.25) is 0 Å². The molecule has 0 N–H and O–H groups in total. The number of rotatable bonds is 4. The van der Waals surface area contributed by atoms with Gasteiger partial charge in [0.15, 0.2) is 0 Å². The summed E-state index contributed by atoms with van der Waals surface area (Å²) in [5.74, 6) is -0.266. The minimum Gasteiger partial charge on any atom is -0.310 e. The molecule has 0 aliphatic heterocycles. The summed E-state index contributed by atoms with van der Waals surface area (Å²) in [6.45, 7) is 12.3. The van der Waals surface area contributed by atoms with E-state index in [1.165, 1.54) is 0 Å². The van der Waals surface area contributed by atoms with Crippen molar-refractivity contribution >= 4 is 14.3 Å². The second kappa shape index (κ2) is 4.93. The van der Waals surface area contributed by atoms with Crippen LogP contribution in [0.1, 0.15) is 40.5 Å². The summed E-state index contributed by atoms with van der Waals surface area (Å²) < 4.78 is 5.30. The van der Waals surface area contributed by atoms with E-state index in [1.807, 2.05) is 20.0 Å². The van der Waals surface area contributed by atoms with Gasteiger partial charge in [0.25, 0.3) is 8.32 Å². The van der Waals surface area contributed by atoms with Crippen molar-refractivity contribution in [2.45, 2.75) is 58.7 Å². The molecule has 0 aliphatic rings. The monoisotopic (exact) mass is 218 g/mol. The summed E-state index contributed by atoms with van der Waals surface area (Å²) in [7, 11) is -1.94. The molecular formula is C10H22O3Si. The van der Waals surface area contributed by atoms with E-state index in [9.17, 15) is 4.79 Å². The molecule has 4 heteroatoms. The Morgan fingerprint density at radius 3 is 2.14 bits per heavy atom. The predicted molar refractivity (Wildman–Crippen MR) is 59.3 cm³/mol. The second-order valence-corrected chi connectivity index (χ2v) is 9.74. The molecule has 0 aromatic rings. The summed E-state index contributed by atoms with van der Waals surface area (Å²) in [4.78, 5) is 15.9. The normalized spacial score (nSPS) is 12.7. The van der Waals surface area contributed by atoms with Crippen molar-refractivity contribution < 1.29 is 14.3 Å². The number of hydrogen-bond donors (Lipinski definition) is 0. The molecule has 0 aromatic heterocycles. The summed E-state index contributed by atoms with van der Waals surface area (Å²) in [6, 6.07) is 0. The van der Waals surface area contributed by atoms with Gasteiger partial charge in [0, 0.05) is 6.42 Å². The lowest BCUT2D eigenvalue weighted by molar-refractivity contribution is -0.221. The lowest BCUT2D eigenvalue weighted by Gasteiger charge is -2.33. The average molecular weight is 218 g/mol. The first-order valence-electron chi connectivity index (χ1n) is 5.09. The zero-order valence-corrected chi connectivity index (χ0v) is 11.1. The van der Waals surface area contributed by atoms with Crippen molar-refractivity contribution in [2.75, 3.05) is 0 Å². The van der Waals surface area contributed by atoms with Gasteiger partial charge in [-0.25, -0.2) is 9.37 Å². The van der Waals surface area contributed by atoms with Crippen LogP contribution in [0.25, 0.3) is 0 Å². The van der Waals surface area contributed by atoms with Crippen molar-refractivity contribution in [3.63, 3.8) is 0 Å². The van der Waals surface area contributed by atoms with Crippen molar-refractivity contribution in [3.05, 3.63) is 0 Å². The molecule has 0 saturated carbocycles. The average Bonchev–Trinajstić information content (AvgIpc) is 1.99. The molecule has 0 aromatic carbocycles. The van der Waals surface area contributed by atoms with Crippen LogP contribution in [0.2, 0.25) is 18.1 Å². The van der Waals surface area contributed by atoms with E-state index in [-0.39, 0.29) is 11.0 Å². The molecule has 0 spiro atoms. The molecule has 0 atom stereocenters. The molecule has 14 heavy (non-hydrogen) atoms. The standard InChI is InChI=1S/C10H22O3Si/c1-7-8-9(11)12-13-14(5,6)10(2,3)4/h7-8H2,1-6H3. The van der Waals surface area contributed by atoms with Crippen LogP contribution in [0.4, 0.5) is 0 Å². The molecule has 3 nitrogen and oxygen atoms in total. The van der Waals surface area contributed by atoms with Gasteiger partial charge < -0.3 is 4.89 Å². The van der Waals surface area contributed by atoms with Crippen LogP contribution in [0.5, 0.6) is 0 Å². The van der Waals surface area contributed by atoms with Gasteiger partial charge in [0.05, 0.1) is 0 Å². The molecule has 0 saturated heterocycles. The third kappa shape index (κ3) is 4.24. The Morgan fingerprint density at radius 1 is 1.29 bits per heavy atom. The fraction of sp³-hybridized carbons (Fsp3) is 0.900. The Labute approximate surface area is 87.8 Å². The van der Waals surface area contributed by atoms with E-state index < -0.39 is 8.32 Å². The molecule has 0 unspecified atom stereocenters. The van der Waals surface area contributed by atoms with Gasteiger partial charge in [-0.05, 0) is 24.6 Å². The smallest absolute Gasteiger partial charge is 0.310 e. The number of hydrogen-bond acceptors (Lipinski definition) is 3. The first kappa shape index (κ1) is 13.6. The van der Waals surface area contributed by atoms with Gasteiger partial charge >= 0.3 is 5.97 Å². The topological polar surface area (TPSA) is 35.5 Å². The van der Waals surface area contributed by atoms with Crippen LogP contribution in [-0.2, 0) is 14.3 Å². The highest BCUT2D eigenvalue weighted by Gasteiger charge is 2.40. The van der Waals surface area contributed by atoms with E-state index in [1.54, 1.807) is 0 Å². The summed E-state index contributed by atoms with van der Waals surface area (Å²) in [5.41, 5.74) is 0. The van der Waals surface area contributed by atoms with Crippen LogP contribution >= 0.6 is 0 Å². The Bertz CT molecular complexity index is 194. The van der Waals surface area contributed by atoms with Crippen molar-refractivity contribution in [1.82, 2.24) is 0 Å². The maximum absolute atomic E-state index is 11.1. The fourth-order valence-electron chi connectivity index (χ4n) is 0.521. The van der Waals surface area contributed by atoms with Crippen LogP contribution in [0.3, 0.4) is 0 Å². The molecule has 0 bridgehead atoms. The number of carbonyl (C=O) groups is 1. The first-order valence-corrected chi connectivity index (χ1v) is 8.00. The van der Waals surface area contributed by atoms with Crippen LogP contribution in [0, 0.1) is 0 Å². The quantitative estimate of drug-likeness (QED) is 0.413. The maximum atomic E-state index is 11.1. The predicted octanol–water partition coefficient (Wildman–Crippen LogP) is 3.27. The highest BCUT2D eigenvalue weighted by atomic mass is 28.4. The molecule has 84 valence electrons. The first-order chi connectivity index (χ1) is 6.20. The Balaban J connectivity index is 4.06. The third-order valence-electron chi connectivity index (χ3n) is 2.60.